The summed E-state index contributed by atoms with van der Waals surface area (Å²) in [7, 11) is 0. The Morgan fingerprint density at radius 3 is 2.47 bits per heavy atom. The highest BCUT2D eigenvalue weighted by molar-refractivity contribution is 8.18. The van der Waals surface area contributed by atoms with E-state index in [1.165, 1.54) is 12.1 Å². The molecule has 0 amide bonds. The molecule has 166 valence electrons. The van der Waals surface area contributed by atoms with Gasteiger partial charge in [0.2, 0.25) is 0 Å². The second kappa shape index (κ2) is 8.10. The van der Waals surface area contributed by atoms with Crippen molar-refractivity contribution in [3.8, 4) is 0 Å². The monoisotopic (exact) mass is 491 g/mol. The minimum absolute atomic E-state index is 0.0434. The number of benzene rings is 2. The molecule has 2 atom stereocenters. The van der Waals surface area contributed by atoms with Crippen LogP contribution in [-0.2, 0) is 10.3 Å². The Balaban J connectivity index is 1.95. The van der Waals surface area contributed by atoms with E-state index in [1.807, 2.05) is 37.8 Å². The average molecular weight is 492 g/mol. The maximum Gasteiger partial charge on any atom is 0.344 e. The Morgan fingerprint density at radius 2 is 1.91 bits per heavy atom. The molecule has 2 aliphatic heterocycles. The number of halogens is 2. The van der Waals surface area contributed by atoms with Gasteiger partial charge in [-0.2, -0.15) is 0 Å². The van der Waals surface area contributed by atoms with Gasteiger partial charge in [0.15, 0.2) is 5.17 Å². The van der Waals surface area contributed by atoms with Crippen LogP contribution in [0.2, 0.25) is 10.0 Å². The number of carboxylic acid groups (broad SMARTS) is 1. The molecule has 1 N–H and O–H groups in total. The van der Waals surface area contributed by atoms with E-state index in [9.17, 15) is 20.0 Å². The van der Waals surface area contributed by atoms with Gasteiger partial charge >= 0.3 is 5.97 Å². The molecule has 0 bridgehead atoms. The molecule has 0 radical (unpaired) electrons. The number of aliphatic carboxylic acids is 1. The number of fused-ring (bicyclic) bond motifs is 1. The molecule has 0 aliphatic carbocycles. The van der Waals surface area contributed by atoms with Crippen LogP contribution in [0.25, 0.3) is 0 Å². The zero-order valence-electron chi connectivity index (χ0n) is 17.4. The van der Waals surface area contributed by atoms with Crippen LogP contribution >= 0.6 is 35.0 Å². The highest BCUT2D eigenvalue weighted by atomic mass is 35.5. The van der Waals surface area contributed by atoms with E-state index in [-0.39, 0.29) is 21.5 Å². The number of amidine groups is 1. The van der Waals surface area contributed by atoms with Crippen molar-refractivity contribution in [2.75, 3.05) is 0 Å². The smallest absolute Gasteiger partial charge is 0.344 e. The lowest BCUT2D eigenvalue weighted by Gasteiger charge is -2.37. The minimum Gasteiger partial charge on any atom is -0.477 e. The third kappa shape index (κ3) is 3.56. The summed E-state index contributed by atoms with van der Waals surface area (Å²) < 4.78 is 0. The van der Waals surface area contributed by atoms with Crippen LogP contribution in [0.1, 0.15) is 37.9 Å². The number of allylic oxidation sites excluding steroid dienone is 1. The predicted octanol–water partition coefficient (Wildman–Crippen LogP) is 6.23. The molecule has 2 aliphatic rings. The molecule has 32 heavy (non-hydrogen) atoms. The summed E-state index contributed by atoms with van der Waals surface area (Å²) >= 11 is 13.3. The standard InChI is InChI=1S/C22H19Cl2N3O4S/c1-11(2)17-18(20(28)29)32-21-25-22(3,13-6-9-15(24)16(10-13)27(30)31)19(26(17)21)12-4-7-14(23)8-5-12/h4-11,19H,1-3H3,(H,28,29). The first kappa shape index (κ1) is 22.6. The van der Waals surface area contributed by atoms with Gasteiger partial charge < -0.3 is 10.0 Å². The first-order valence-corrected chi connectivity index (χ1v) is 11.4. The third-order valence-corrected chi connectivity index (χ3v) is 7.29. The number of carboxylic acids is 1. The maximum absolute atomic E-state index is 12.0. The van der Waals surface area contributed by atoms with E-state index in [0.29, 0.717) is 21.5 Å². The summed E-state index contributed by atoms with van der Waals surface area (Å²) in [5.74, 6) is -1.09. The van der Waals surface area contributed by atoms with Gasteiger partial charge in [-0.25, -0.2) is 9.79 Å². The van der Waals surface area contributed by atoms with E-state index in [4.69, 9.17) is 28.2 Å². The van der Waals surface area contributed by atoms with Crippen molar-refractivity contribution in [3.63, 3.8) is 0 Å². The van der Waals surface area contributed by atoms with Crippen LogP contribution < -0.4 is 0 Å². The lowest BCUT2D eigenvalue weighted by Crippen LogP contribution is -2.36. The number of hydrogen-bond acceptors (Lipinski definition) is 6. The number of nitro groups is 1. The average Bonchev–Trinajstić information content (AvgIpc) is 3.21. The number of nitrogens with zero attached hydrogens (tertiary/aromatic N) is 3. The molecular formula is C22H19Cl2N3O4S. The predicted molar refractivity (Wildman–Crippen MR) is 126 cm³/mol. The van der Waals surface area contributed by atoms with E-state index in [0.717, 1.165) is 17.3 Å². The van der Waals surface area contributed by atoms with Crippen molar-refractivity contribution >= 4 is 51.8 Å². The molecule has 2 aromatic carbocycles. The van der Waals surface area contributed by atoms with Gasteiger partial charge in [-0.15, -0.1) is 0 Å². The molecule has 7 nitrogen and oxygen atoms in total. The molecular weight excluding hydrogens is 473 g/mol. The van der Waals surface area contributed by atoms with Crippen molar-refractivity contribution in [1.29, 1.82) is 0 Å². The Morgan fingerprint density at radius 1 is 1.25 bits per heavy atom. The largest absolute Gasteiger partial charge is 0.477 e. The first-order valence-electron chi connectivity index (χ1n) is 9.79. The molecule has 2 aromatic rings. The summed E-state index contributed by atoms with van der Waals surface area (Å²) in [6.07, 6.45) is 0. The van der Waals surface area contributed by atoms with Crippen molar-refractivity contribution in [1.82, 2.24) is 4.90 Å². The highest BCUT2D eigenvalue weighted by Gasteiger charge is 2.53. The van der Waals surface area contributed by atoms with Crippen LogP contribution in [0.3, 0.4) is 0 Å². The van der Waals surface area contributed by atoms with Gasteiger partial charge in [0.1, 0.15) is 15.5 Å². The maximum atomic E-state index is 12.0. The van der Waals surface area contributed by atoms with Crippen molar-refractivity contribution in [2.45, 2.75) is 32.4 Å². The number of carbonyl (C=O) groups is 1. The quantitative estimate of drug-likeness (QED) is 0.393. The number of aliphatic imine (C=N–C) groups is 1. The number of thioether (sulfide) groups is 1. The SMILES string of the molecule is CC(C)C1=C(C(=O)O)SC2=NC(C)(c3ccc(Cl)c([N+](=O)[O-])c3)C(c3ccc(Cl)cc3)N21. The van der Waals surface area contributed by atoms with Crippen LogP contribution in [0.4, 0.5) is 5.69 Å². The molecule has 0 saturated carbocycles. The Bertz CT molecular complexity index is 1200. The minimum atomic E-state index is -1.01. The summed E-state index contributed by atoms with van der Waals surface area (Å²) in [5, 5.41) is 22.5. The molecule has 0 aromatic heterocycles. The van der Waals surface area contributed by atoms with Crippen molar-refractivity contribution in [3.05, 3.63) is 84.4 Å². The number of hydrogen-bond donors (Lipinski definition) is 1. The van der Waals surface area contributed by atoms with Gasteiger partial charge in [0.05, 0.1) is 11.0 Å². The molecule has 0 spiro atoms. The van der Waals surface area contributed by atoms with Crippen molar-refractivity contribution < 1.29 is 14.8 Å². The zero-order chi connectivity index (χ0) is 23.4. The second-order valence-corrected chi connectivity index (χ2v) is 9.89. The molecule has 2 heterocycles. The molecule has 2 unspecified atom stereocenters. The third-order valence-electron chi connectivity index (χ3n) is 5.66. The van der Waals surface area contributed by atoms with Gasteiger partial charge in [-0.1, -0.05) is 55.2 Å². The second-order valence-electron chi connectivity index (χ2n) is 8.07. The van der Waals surface area contributed by atoms with E-state index >= 15 is 0 Å². The fourth-order valence-corrected chi connectivity index (χ4v) is 5.80. The van der Waals surface area contributed by atoms with Gasteiger partial charge in [-0.05, 0) is 53.9 Å². The summed E-state index contributed by atoms with van der Waals surface area (Å²) in [4.78, 5) is 30.1. The highest BCUT2D eigenvalue weighted by Crippen LogP contribution is 2.56. The van der Waals surface area contributed by atoms with Crippen LogP contribution in [0, 0.1) is 16.0 Å². The fourth-order valence-electron chi connectivity index (χ4n) is 4.24. The normalized spacial score (nSPS) is 22.4. The van der Waals surface area contributed by atoms with E-state index in [1.54, 1.807) is 18.2 Å². The fraction of sp³-hybridized carbons (Fsp3) is 0.273. The Hall–Kier alpha value is -2.55. The number of rotatable bonds is 5. The van der Waals surface area contributed by atoms with Gasteiger partial charge in [0, 0.05) is 16.8 Å². The lowest BCUT2D eigenvalue weighted by atomic mass is 9.81. The Labute approximate surface area is 198 Å². The van der Waals surface area contributed by atoms with Crippen LogP contribution in [0.15, 0.2) is 58.1 Å². The van der Waals surface area contributed by atoms with Gasteiger partial charge in [-0.3, -0.25) is 10.1 Å². The van der Waals surface area contributed by atoms with Gasteiger partial charge in [0.25, 0.3) is 5.69 Å². The molecule has 10 heteroatoms. The zero-order valence-corrected chi connectivity index (χ0v) is 19.7. The molecule has 0 fully saturated rings. The van der Waals surface area contributed by atoms with E-state index in [2.05, 4.69) is 0 Å². The van der Waals surface area contributed by atoms with Crippen LogP contribution in [-0.4, -0.2) is 26.1 Å². The summed E-state index contributed by atoms with van der Waals surface area (Å²) in [6, 6.07) is 11.5. The first-order chi connectivity index (χ1) is 15.0. The summed E-state index contributed by atoms with van der Waals surface area (Å²) in [6.45, 7) is 5.76. The van der Waals surface area contributed by atoms with Crippen molar-refractivity contribution in [2.24, 2.45) is 10.9 Å². The summed E-state index contributed by atoms with van der Waals surface area (Å²) in [5.41, 5.74) is 0.990. The van der Waals surface area contributed by atoms with E-state index < -0.39 is 22.5 Å². The topological polar surface area (TPSA) is 96.0 Å². The number of nitro benzene ring substituents is 1. The molecule has 4 rings (SSSR count). The van der Waals surface area contributed by atoms with Crippen LogP contribution in [0.5, 0.6) is 0 Å². The Kier molecular flexibility index (Phi) is 5.73. The lowest BCUT2D eigenvalue weighted by molar-refractivity contribution is -0.384. The molecule has 0 saturated heterocycles.